The highest BCUT2D eigenvalue weighted by Crippen LogP contribution is 2.51. The van der Waals surface area contributed by atoms with Crippen molar-refractivity contribution in [3.8, 4) is 6.07 Å². The van der Waals surface area contributed by atoms with Gasteiger partial charge in [0.25, 0.3) is 0 Å². The van der Waals surface area contributed by atoms with Crippen LogP contribution >= 0.6 is 23.2 Å². The molecule has 1 heterocycles. The molecule has 0 bridgehead atoms. The van der Waals surface area contributed by atoms with Crippen molar-refractivity contribution in [3.63, 3.8) is 0 Å². The highest BCUT2D eigenvalue weighted by molar-refractivity contribution is 6.31. The quantitative estimate of drug-likeness (QED) is 0.517. The first-order valence-electron chi connectivity index (χ1n) is 10.1. The number of benzene rings is 3. The Morgan fingerprint density at radius 2 is 1.52 bits per heavy atom. The van der Waals surface area contributed by atoms with Crippen LogP contribution in [-0.2, 0) is 10.5 Å². The van der Waals surface area contributed by atoms with Gasteiger partial charge in [0, 0.05) is 34.1 Å². The Balaban J connectivity index is 2.02. The molecule has 3 aromatic carbocycles. The number of urea groups is 1. The van der Waals surface area contributed by atoms with E-state index in [1.807, 2.05) is 0 Å². The van der Waals surface area contributed by atoms with E-state index in [4.69, 9.17) is 27.9 Å². The zero-order valence-corrected chi connectivity index (χ0v) is 19.5. The fourth-order valence-corrected chi connectivity index (χ4v) is 4.66. The molecule has 1 aliphatic heterocycles. The summed E-state index contributed by atoms with van der Waals surface area (Å²) in [6, 6.07) is 21.6. The van der Waals surface area contributed by atoms with Crippen molar-refractivity contribution in [3.05, 3.63) is 94.0 Å². The number of amides is 2. The largest absolute Gasteiger partial charge is 0.382 e. The standard InChI is InChI=1S/C25H21Cl2N3O3/c1-24(16-33-2)25(32,18-5-3-4-17(14-18)15-28)30(22-12-8-20(27)9-13-22)23(31)29(24)21-10-6-19(26)7-11-21/h3-14,32H,16H2,1-2H3/t24-,25?/m0/s1. The van der Waals surface area contributed by atoms with Crippen LogP contribution in [0.1, 0.15) is 18.1 Å². The van der Waals surface area contributed by atoms with Crippen LogP contribution in [0.5, 0.6) is 0 Å². The molecule has 0 aromatic heterocycles. The maximum Gasteiger partial charge on any atom is 0.332 e. The molecule has 0 saturated carbocycles. The molecule has 1 saturated heterocycles. The lowest BCUT2D eigenvalue weighted by atomic mass is 9.82. The average Bonchev–Trinajstić information content (AvgIpc) is 2.98. The molecular weight excluding hydrogens is 461 g/mol. The third-order valence-corrected chi connectivity index (χ3v) is 6.44. The Morgan fingerprint density at radius 3 is 2.03 bits per heavy atom. The van der Waals surface area contributed by atoms with Gasteiger partial charge in [0.2, 0.25) is 0 Å². The number of aliphatic hydroxyl groups is 1. The van der Waals surface area contributed by atoms with E-state index in [0.717, 1.165) is 0 Å². The van der Waals surface area contributed by atoms with Crippen LogP contribution in [-0.4, -0.2) is 30.4 Å². The molecule has 2 atom stereocenters. The molecule has 8 heteroatoms. The predicted octanol–water partition coefficient (Wildman–Crippen LogP) is 5.56. The Bertz CT molecular complexity index is 1230. The summed E-state index contributed by atoms with van der Waals surface area (Å²) in [5.74, 6) is 0. The van der Waals surface area contributed by atoms with Crippen LogP contribution < -0.4 is 9.80 Å². The van der Waals surface area contributed by atoms with Gasteiger partial charge in [-0.1, -0.05) is 35.3 Å². The van der Waals surface area contributed by atoms with Crippen molar-refractivity contribution in [2.45, 2.75) is 18.2 Å². The number of hydrogen-bond donors (Lipinski definition) is 1. The molecule has 168 valence electrons. The molecule has 0 aliphatic carbocycles. The van der Waals surface area contributed by atoms with Gasteiger partial charge in [-0.05, 0) is 67.6 Å². The molecule has 33 heavy (non-hydrogen) atoms. The highest BCUT2D eigenvalue weighted by Gasteiger charge is 2.66. The summed E-state index contributed by atoms with van der Waals surface area (Å²) in [6.07, 6.45) is 0. The number of nitrogens with zero attached hydrogens (tertiary/aromatic N) is 3. The Hall–Kier alpha value is -3.08. The molecule has 1 aliphatic rings. The van der Waals surface area contributed by atoms with E-state index in [9.17, 15) is 15.2 Å². The lowest BCUT2D eigenvalue weighted by Gasteiger charge is -2.44. The minimum absolute atomic E-state index is 0.00125. The molecule has 1 N–H and O–H groups in total. The van der Waals surface area contributed by atoms with Gasteiger partial charge in [-0.3, -0.25) is 9.80 Å². The van der Waals surface area contributed by atoms with Crippen molar-refractivity contribution in [2.75, 3.05) is 23.5 Å². The van der Waals surface area contributed by atoms with Crippen LogP contribution in [0.4, 0.5) is 16.2 Å². The van der Waals surface area contributed by atoms with Crippen molar-refractivity contribution in [1.82, 2.24) is 0 Å². The molecular formula is C25H21Cl2N3O3. The summed E-state index contributed by atoms with van der Waals surface area (Å²) in [5, 5.41) is 23.0. The first kappa shape index (κ1) is 23.1. The van der Waals surface area contributed by atoms with Gasteiger partial charge in [-0.25, -0.2) is 4.79 Å². The van der Waals surface area contributed by atoms with Crippen molar-refractivity contribution in [1.29, 1.82) is 5.26 Å². The minimum atomic E-state index is -1.90. The monoisotopic (exact) mass is 481 g/mol. The minimum Gasteiger partial charge on any atom is -0.382 e. The van der Waals surface area contributed by atoms with E-state index in [-0.39, 0.29) is 6.61 Å². The summed E-state index contributed by atoms with van der Waals surface area (Å²) >= 11 is 12.2. The van der Waals surface area contributed by atoms with Crippen molar-refractivity contribution < 1.29 is 14.6 Å². The maximum absolute atomic E-state index is 14.0. The second kappa shape index (κ2) is 8.69. The fourth-order valence-electron chi connectivity index (χ4n) is 4.41. The number of hydrogen-bond acceptors (Lipinski definition) is 4. The molecule has 2 amide bonds. The first-order valence-corrected chi connectivity index (χ1v) is 10.9. The second-order valence-electron chi connectivity index (χ2n) is 7.98. The van der Waals surface area contributed by atoms with Crippen LogP contribution in [0.25, 0.3) is 0 Å². The molecule has 1 fully saturated rings. The van der Waals surface area contributed by atoms with Gasteiger partial charge >= 0.3 is 6.03 Å². The van der Waals surface area contributed by atoms with Gasteiger partial charge in [0.05, 0.1) is 18.2 Å². The van der Waals surface area contributed by atoms with Gasteiger partial charge in [-0.2, -0.15) is 5.26 Å². The number of rotatable bonds is 5. The van der Waals surface area contributed by atoms with E-state index in [0.29, 0.717) is 32.5 Å². The number of anilines is 2. The van der Waals surface area contributed by atoms with Crippen LogP contribution in [0.15, 0.2) is 72.8 Å². The third kappa shape index (κ3) is 3.64. The number of ether oxygens (including phenoxy) is 1. The number of carbonyl (C=O) groups excluding carboxylic acids is 1. The molecule has 1 unspecified atom stereocenters. The summed E-state index contributed by atoms with van der Waals surface area (Å²) in [5.41, 5.74) is -1.49. The average molecular weight is 482 g/mol. The topological polar surface area (TPSA) is 76.8 Å². The Kier molecular flexibility index (Phi) is 6.08. The lowest BCUT2D eigenvalue weighted by molar-refractivity contribution is -0.0409. The highest BCUT2D eigenvalue weighted by atomic mass is 35.5. The second-order valence-corrected chi connectivity index (χ2v) is 8.85. The van der Waals surface area contributed by atoms with Gasteiger partial charge in [-0.15, -0.1) is 0 Å². The third-order valence-electron chi connectivity index (χ3n) is 5.94. The number of methoxy groups -OCH3 is 1. The molecule has 4 rings (SSSR count). The van der Waals surface area contributed by atoms with Crippen molar-refractivity contribution in [2.24, 2.45) is 0 Å². The predicted molar refractivity (Wildman–Crippen MR) is 129 cm³/mol. The number of carbonyl (C=O) groups is 1. The zero-order valence-electron chi connectivity index (χ0n) is 18.0. The van der Waals surface area contributed by atoms with E-state index in [1.165, 1.54) is 16.9 Å². The number of halogens is 2. The zero-order chi connectivity index (χ0) is 23.8. The van der Waals surface area contributed by atoms with Gasteiger partial charge in [0.1, 0.15) is 5.54 Å². The summed E-state index contributed by atoms with van der Waals surface area (Å²) < 4.78 is 5.54. The normalized spacial score (nSPS) is 22.5. The molecule has 0 radical (unpaired) electrons. The maximum atomic E-state index is 14.0. The Labute approximate surface area is 202 Å². The van der Waals surface area contributed by atoms with Gasteiger partial charge in [0.15, 0.2) is 5.72 Å². The first-order chi connectivity index (χ1) is 15.8. The summed E-state index contributed by atoms with van der Waals surface area (Å²) in [7, 11) is 1.51. The summed E-state index contributed by atoms with van der Waals surface area (Å²) in [4.78, 5) is 16.8. The molecule has 0 spiro atoms. The SMILES string of the molecule is COC[C@]1(C)N(c2ccc(Cl)cc2)C(=O)N(c2ccc(Cl)cc2)C1(O)c1cccc(C#N)c1. The Morgan fingerprint density at radius 1 is 0.970 bits per heavy atom. The van der Waals surface area contributed by atoms with E-state index in [1.54, 1.807) is 79.7 Å². The summed E-state index contributed by atoms with van der Waals surface area (Å²) in [6.45, 7) is 1.75. The van der Waals surface area contributed by atoms with E-state index >= 15 is 0 Å². The fraction of sp³-hybridized carbons (Fsp3) is 0.200. The molecule has 6 nitrogen and oxygen atoms in total. The van der Waals surface area contributed by atoms with Crippen molar-refractivity contribution >= 4 is 40.6 Å². The molecule has 3 aromatic rings. The smallest absolute Gasteiger partial charge is 0.332 e. The number of nitriles is 1. The van der Waals surface area contributed by atoms with Crippen LogP contribution in [0, 0.1) is 11.3 Å². The van der Waals surface area contributed by atoms with E-state index < -0.39 is 17.3 Å². The van der Waals surface area contributed by atoms with Gasteiger partial charge < -0.3 is 9.84 Å². The van der Waals surface area contributed by atoms with E-state index in [2.05, 4.69) is 6.07 Å². The lowest BCUT2D eigenvalue weighted by Crippen LogP contribution is -2.60. The van der Waals surface area contributed by atoms with Crippen LogP contribution in [0.2, 0.25) is 10.0 Å². The van der Waals surface area contributed by atoms with Crippen LogP contribution in [0.3, 0.4) is 0 Å².